The predicted molar refractivity (Wildman–Crippen MR) is 76.1 cm³/mol. The van der Waals surface area contributed by atoms with Gasteiger partial charge >= 0.3 is 0 Å². The van der Waals surface area contributed by atoms with Crippen LogP contribution in [0.15, 0.2) is 29.2 Å². The van der Waals surface area contributed by atoms with Gasteiger partial charge in [0.1, 0.15) is 0 Å². The smallest absolute Gasteiger partial charge is 0.180 e. The summed E-state index contributed by atoms with van der Waals surface area (Å²) in [5.74, 6) is 0.317. The number of benzene rings is 1. The quantitative estimate of drug-likeness (QED) is 0.779. The second-order valence-electron chi connectivity index (χ2n) is 5.68. The second kappa shape index (κ2) is 5.25. The molecule has 19 heavy (non-hydrogen) atoms. The maximum atomic E-state index is 12.2. The van der Waals surface area contributed by atoms with Crippen LogP contribution in [0.5, 0.6) is 0 Å². The van der Waals surface area contributed by atoms with E-state index < -0.39 is 9.84 Å². The lowest BCUT2D eigenvalue weighted by Gasteiger charge is -2.13. The van der Waals surface area contributed by atoms with Crippen LogP contribution in [0.2, 0.25) is 0 Å². The Morgan fingerprint density at radius 3 is 2.42 bits per heavy atom. The Morgan fingerprint density at radius 2 is 1.89 bits per heavy atom. The summed E-state index contributed by atoms with van der Waals surface area (Å²) in [4.78, 5) is 0.427. The Labute approximate surface area is 115 Å². The lowest BCUT2D eigenvalue weighted by atomic mass is 9.95. The molecule has 1 aliphatic rings. The minimum Gasteiger partial charge on any atom is -0.370 e. The van der Waals surface area contributed by atoms with E-state index in [-0.39, 0.29) is 5.25 Å². The van der Waals surface area contributed by atoms with Gasteiger partial charge in [0.05, 0.1) is 22.4 Å². The van der Waals surface area contributed by atoms with Gasteiger partial charge in [-0.25, -0.2) is 8.42 Å². The standard InChI is InChI=1S/C15H22O3S/c1-10(2)19(16,17)14-7-5-6-13(9-14)11(3)8-15-12(4)18-15/h5-7,9-12,15H,8H2,1-4H3. The molecule has 0 amide bonds. The van der Waals surface area contributed by atoms with Crippen LogP contribution in [0.25, 0.3) is 0 Å². The van der Waals surface area contributed by atoms with E-state index in [0.29, 0.717) is 23.0 Å². The summed E-state index contributed by atoms with van der Waals surface area (Å²) in [6.45, 7) is 7.61. The first kappa shape index (κ1) is 14.5. The molecule has 0 radical (unpaired) electrons. The van der Waals surface area contributed by atoms with Crippen LogP contribution in [0.3, 0.4) is 0 Å². The molecule has 1 aromatic rings. The highest BCUT2D eigenvalue weighted by Crippen LogP contribution is 2.33. The molecule has 3 atom stereocenters. The maximum Gasteiger partial charge on any atom is 0.180 e. The van der Waals surface area contributed by atoms with Crippen molar-refractivity contribution >= 4 is 9.84 Å². The van der Waals surface area contributed by atoms with Crippen molar-refractivity contribution in [2.45, 2.75) is 62.4 Å². The van der Waals surface area contributed by atoms with Crippen LogP contribution in [0.4, 0.5) is 0 Å². The van der Waals surface area contributed by atoms with E-state index in [1.54, 1.807) is 19.9 Å². The van der Waals surface area contributed by atoms with Gasteiger partial charge in [-0.3, -0.25) is 0 Å². The highest BCUT2D eigenvalue weighted by atomic mass is 32.2. The number of hydrogen-bond acceptors (Lipinski definition) is 3. The van der Waals surface area contributed by atoms with Crippen LogP contribution in [-0.2, 0) is 14.6 Å². The van der Waals surface area contributed by atoms with Gasteiger partial charge in [0.25, 0.3) is 0 Å². The number of rotatable bonds is 5. The fourth-order valence-corrected chi connectivity index (χ4v) is 3.35. The molecule has 0 N–H and O–H groups in total. The van der Waals surface area contributed by atoms with E-state index in [4.69, 9.17) is 4.74 Å². The van der Waals surface area contributed by atoms with Gasteiger partial charge in [0, 0.05) is 0 Å². The van der Waals surface area contributed by atoms with Crippen molar-refractivity contribution in [3.8, 4) is 0 Å². The first-order chi connectivity index (χ1) is 8.82. The SMILES string of the molecule is CC(CC1OC1C)c1cccc(S(=O)(=O)C(C)C)c1. The molecule has 1 fully saturated rings. The van der Waals surface area contributed by atoms with Crippen LogP contribution in [0, 0.1) is 0 Å². The second-order valence-corrected chi connectivity index (χ2v) is 8.19. The minimum atomic E-state index is -3.19. The first-order valence-electron chi connectivity index (χ1n) is 6.81. The molecular formula is C15H22O3S. The largest absolute Gasteiger partial charge is 0.370 e. The Hall–Kier alpha value is -0.870. The van der Waals surface area contributed by atoms with E-state index in [0.717, 1.165) is 12.0 Å². The topological polar surface area (TPSA) is 46.7 Å². The summed E-state index contributed by atoms with van der Waals surface area (Å²) < 4.78 is 29.8. The zero-order chi connectivity index (χ0) is 14.2. The molecule has 0 aromatic heterocycles. The molecule has 3 nitrogen and oxygen atoms in total. The third-order valence-corrected chi connectivity index (χ3v) is 5.95. The molecule has 1 heterocycles. The number of hydrogen-bond donors (Lipinski definition) is 0. The number of sulfone groups is 1. The summed E-state index contributed by atoms with van der Waals surface area (Å²) in [5, 5.41) is -0.384. The lowest BCUT2D eigenvalue weighted by Crippen LogP contribution is -2.14. The van der Waals surface area contributed by atoms with E-state index in [1.165, 1.54) is 0 Å². The van der Waals surface area contributed by atoms with Crippen molar-refractivity contribution in [1.82, 2.24) is 0 Å². The molecule has 2 rings (SSSR count). The summed E-state index contributed by atoms with van der Waals surface area (Å²) >= 11 is 0. The monoisotopic (exact) mass is 282 g/mol. The number of ether oxygens (including phenoxy) is 1. The molecule has 0 spiro atoms. The third kappa shape index (κ3) is 3.18. The van der Waals surface area contributed by atoms with Gasteiger partial charge < -0.3 is 4.74 Å². The fraction of sp³-hybridized carbons (Fsp3) is 0.600. The van der Waals surface area contributed by atoms with Crippen LogP contribution < -0.4 is 0 Å². The van der Waals surface area contributed by atoms with Gasteiger partial charge in [-0.1, -0.05) is 19.1 Å². The fourth-order valence-electron chi connectivity index (χ4n) is 2.23. The molecule has 0 aliphatic carbocycles. The summed E-state index contributed by atoms with van der Waals surface area (Å²) in [7, 11) is -3.19. The van der Waals surface area contributed by atoms with Gasteiger partial charge in [0.15, 0.2) is 9.84 Å². The van der Waals surface area contributed by atoms with Crippen molar-refractivity contribution in [3.05, 3.63) is 29.8 Å². The van der Waals surface area contributed by atoms with Crippen molar-refractivity contribution in [2.24, 2.45) is 0 Å². The average Bonchev–Trinajstić information content (AvgIpc) is 3.04. The minimum absolute atomic E-state index is 0.317. The van der Waals surface area contributed by atoms with Crippen molar-refractivity contribution in [2.75, 3.05) is 0 Å². The third-order valence-electron chi connectivity index (χ3n) is 3.80. The molecular weight excluding hydrogens is 260 g/mol. The van der Waals surface area contributed by atoms with Crippen LogP contribution >= 0.6 is 0 Å². The van der Waals surface area contributed by atoms with Gasteiger partial charge in [-0.05, 0) is 50.8 Å². The highest BCUT2D eigenvalue weighted by molar-refractivity contribution is 7.92. The first-order valence-corrected chi connectivity index (χ1v) is 8.36. The zero-order valence-electron chi connectivity index (χ0n) is 12.0. The Balaban J connectivity index is 2.19. The molecule has 3 unspecified atom stereocenters. The van der Waals surface area contributed by atoms with Crippen LogP contribution in [-0.4, -0.2) is 25.9 Å². The Bertz CT molecular complexity index is 548. The van der Waals surface area contributed by atoms with Gasteiger partial charge in [-0.2, -0.15) is 0 Å². The molecule has 4 heteroatoms. The van der Waals surface area contributed by atoms with Gasteiger partial charge in [0.2, 0.25) is 0 Å². The molecule has 1 aliphatic heterocycles. The predicted octanol–water partition coefficient (Wildman–Crippen LogP) is 3.15. The van der Waals surface area contributed by atoms with E-state index in [9.17, 15) is 8.42 Å². The molecule has 1 aromatic carbocycles. The van der Waals surface area contributed by atoms with Crippen molar-refractivity contribution < 1.29 is 13.2 Å². The normalized spacial score (nSPS) is 24.5. The number of epoxide rings is 1. The van der Waals surface area contributed by atoms with E-state index in [2.05, 4.69) is 13.8 Å². The highest BCUT2D eigenvalue weighted by Gasteiger charge is 2.35. The molecule has 1 saturated heterocycles. The van der Waals surface area contributed by atoms with E-state index in [1.807, 2.05) is 18.2 Å². The van der Waals surface area contributed by atoms with Crippen LogP contribution in [0.1, 0.15) is 45.6 Å². The van der Waals surface area contributed by atoms with Crippen molar-refractivity contribution in [3.63, 3.8) is 0 Å². The average molecular weight is 282 g/mol. The zero-order valence-corrected chi connectivity index (χ0v) is 12.8. The lowest BCUT2D eigenvalue weighted by molar-refractivity contribution is 0.362. The maximum absolute atomic E-state index is 12.2. The summed E-state index contributed by atoms with van der Waals surface area (Å²) in [6, 6.07) is 7.32. The Morgan fingerprint density at radius 1 is 1.26 bits per heavy atom. The van der Waals surface area contributed by atoms with Gasteiger partial charge in [-0.15, -0.1) is 0 Å². The summed E-state index contributed by atoms with van der Waals surface area (Å²) in [6.07, 6.45) is 1.64. The molecule has 0 saturated carbocycles. The molecule has 0 bridgehead atoms. The van der Waals surface area contributed by atoms with Crippen molar-refractivity contribution in [1.29, 1.82) is 0 Å². The Kier molecular flexibility index (Phi) is 4.02. The van der Waals surface area contributed by atoms with E-state index >= 15 is 0 Å². The summed E-state index contributed by atoms with van der Waals surface area (Å²) in [5.41, 5.74) is 1.07. The molecule has 106 valence electrons.